The summed E-state index contributed by atoms with van der Waals surface area (Å²) in [6, 6.07) is 0.349. The monoisotopic (exact) mass is 357 g/mol. The fourth-order valence-corrected chi connectivity index (χ4v) is 7.91. The summed E-state index contributed by atoms with van der Waals surface area (Å²) in [6.45, 7) is 9.89. The maximum absolute atomic E-state index is 11.9. The van der Waals surface area contributed by atoms with Crippen LogP contribution < -0.4 is 5.32 Å². The number of carbonyl (C=O) groups excluding carboxylic acids is 1. The van der Waals surface area contributed by atoms with E-state index in [0.29, 0.717) is 11.5 Å². The van der Waals surface area contributed by atoms with Crippen LogP contribution in [0.25, 0.3) is 0 Å². The normalized spacial score (nSPS) is 49.9. The summed E-state index contributed by atoms with van der Waals surface area (Å²) in [5.74, 6) is 4.33. The first-order chi connectivity index (χ1) is 12.4. The highest BCUT2D eigenvalue weighted by atomic mass is 16.1. The predicted octanol–water partition coefficient (Wildman–Crippen LogP) is 5.73. The Labute approximate surface area is 160 Å². The maximum atomic E-state index is 11.9. The van der Waals surface area contributed by atoms with Gasteiger partial charge in [-0.05, 0) is 79.6 Å². The SMILES string of the molecule is CCCCC[C@H]1CC[C@H]2[C@@H]3[C@@H](C)C[C@H]4NC(=O)C=C[C@]4(C)[C@H]3CC[C@]12C. The van der Waals surface area contributed by atoms with E-state index in [4.69, 9.17) is 0 Å². The molecule has 146 valence electrons. The van der Waals surface area contributed by atoms with Crippen LogP contribution in [0.4, 0.5) is 0 Å². The molecule has 3 fully saturated rings. The van der Waals surface area contributed by atoms with Crippen molar-refractivity contribution in [1.29, 1.82) is 0 Å². The van der Waals surface area contributed by atoms with Gasteiger partial charge in [-0.25, -0.2) is 0 Å². The van der Waals surface area contributed by atoms with Gasteiger partial charge in [0.1, 0.15) is 0 Å². The first kappa shape index (κ1) is 18.6. The Kier molecular flexibility index (Phi) is 4.77. The molecule has 3 saturated carbocycles. The molecule has 0 bridgehead atoms. The van der Waals surface area contributed by atoms with Crippen LogP contribution in [-0.4, -0.2) is 11.9 Å². The maximum Gasteiger partial charge on any atom is 0.243 e. The zero-order chi connectivity index (χ0) is 18.5. The summed E-state index contributed by atoms with van der Waals surface area (Å²) < 4.78 is 0. The lowest BCUT2D eigenvalue weighted by atomic mass is 9.45. The summed E-state index contributed by atoms with van der Waals surface area (Å²) in [4.78, 5) is 11.9. The second kappa shape index (κ2) is 6.67. The van der Waals surface area contributed by atoms with Crippen LogP contribution in [0.5, 0.6) is 0 Å². The Hall–Kier alpha value is -0.790. The number of unbranched alkanes of at least 4 members (excludes halogenated alkanes) is 2. The number of rotatable bonds is 4. The van der Waals surface area contributed by atoms with Crippen LogP contribution in [0.15, 0.2) is 12.2 Å². The van der Waals surface area contributed by atoms with E-state index < -0.39 is 0 Å². The van der Waals surface area contributed by atoms with Crippen LogP contribution in [-0.2, 0) is 4.79 Å². The standard InChI is InChI=1S/C24H39NO/c1-5-6-7-8-17-9-10-18-22-16(2)15-20-24(4,14-12-21(26)25-20)19(22)11-13-23(17,18)3/h12,14,16-20,22H,5-11,13,15H2,1-4H3,(H,25,26)/t16-,17-,18-,19-,20+,22-,23+,24+/m0/s1. The van der Waals surface area contributed by atoms with Crippen molar-refractivity contribution in [2.24, 2.45) is 40.4 Å². The van der Waals surface area contributed by atoms with Crippen molar-refractivity contribution in [2.75, 3.05) is 0 Å². The minimum Gasteiger partial charge on any atom is -0.349 e. The lowest BCUT2D eigenvalue weighted by Gasteiger charge is -2.61. The second-order valence-electron chi connectivity index (χ2n) is 10.6. The van der Waals surface area contributed by atoms with Gasteiger partial charge < -0.3 is 5.32 Å². The van der Waals surface area contributed by atoms with Crippen molar-refractivity contribution in [3.05, 3.63) is 12.2 Å². The molecule has 8 atom stereocenters. The quantitative estimate of drug-likeness (QED) is 0.640. The van der Waals surface area contributed by atoms with E-state index in [0.717, 1.165) is 29.6 Å². The molecule has 0 radical (unpaired) electrons. The molecule has 0 unspecified atom stereocenters. The molecule has 1 amide bonds. The molecule has 4 rings (SSSR count). The summed E-state index contributed by atoms with van der Waals surface area (Å²) >= 11 is 0. The second-order valence-corrected chi connectivity index (χ2v) is 10.6. The smallest absolute Gasteiger partial charge is 0.243 e. The van der Waals surface area contributed by atoms with Gasteiger partial charge in [0.2, 0.25) is 5.91 Å². The van der Waals surface area contributed by atoms with Gasteiger partial charge in [-0.15, -0.1) is 0 Å². The molecular formula is C24H39NO. The Morgan fingerprint density at radius 1 is 1.15 bits per heavy atom. The van der Waals surface area contributed by atoms with E-state index in [-0.39, 0.29) is 11.3 Å². The van der Waals surface area contributed by atoms with Crippen LogP contribution in [0.3, 0.4) is 0 Å². The van der Waals surface area contributed by atoms with Crippen molar-refractivity contribution in [2.45, 2.75) is 91.5 Å². The number of hydrogen-bond donors (Lipinski definition) is 1. The van der Waals surface area contributed by atoms with Crippen LogP contribution in [0.2, 0.25) is 0 Å². The van der Waals surface area contributed by atoms with E-state index in [2.05, 4.69) is 39.1 Å². The topological polar surface area (TPSA) is 29.1 Å². The number of carbonyl (C=O) groups is 1. The van der Waals surface area contributed by atoms with Gasteiger partial charge in [0.15, 0.2) is 0 Å². The molecule has 0 saturated heterocycles. The Bertz CT molecular complexity index is 583. The predicted molar refractivity (Wildman–Crippen MR) is 108 cm³/mol. The van der Waals surface area contributed by atoms with Crippen LogP contribution in [0.1, 0.15) is 85.5 Å². The Morgan fingerprint density at radius 3 is 2.73 bits per heavy atom. The summed E-state index contributed by atoms with van der Waals surface area (Å²) in [7, 11) is 0. The average molecular weight is 358 g/mol. The molecule has 1 N–H and O–H groups in total. The average Bonchev–Trinajstić information content (AvgIpc) is 2.93. The fourth-order valence-electron chi connectivity index (χ4n) is 7.91. The van der Waals surface area contributed by atoms with Gasteiger partial charge in [-0.1, -0.05) is 53.0 Å². The Morgan fingerprint density at radius 2 is 1.96 bits per heavy atom. The zero-order valence-electron chi connectivity index (χ0n) is 17.4. The van der Waals surface area contributed by atoms with Crippen LogP contribution in [0, 0.1) is 40.4 Å². The van der Waals surface area contributed by atoms with E-state index in [1.165, 1.54) is 57.8 Å². The zero-order valence-corrected chi connectivity index (χ0v) is 17.4. The molecule has 0 aromatic heterocycles. The van der Waals surface area contributed by atoms with Crippen LogP contribution >= 0.6 is 0 Å². The van der Waals surface area contributed by atoms with Gasteiger partial charge in [-0.3, -0.25) is 4.79 Å². The van der Waals surface area contributed by atoms with Crippen molar-refractivity contribution in [3.63, 3.8) is 0 Å². The number of hydrogen-bond acceptors (Lipinski definition) is 1. The highest BCUT2D eigenvalue weighted by Gasteiger charge is 2.61. The number of amides is 1. The molecule has 1 heterocycles. The molecule has 0 spiro atoms. The molecular weight excluding hydrogens is 318 g/mol. The molecule has 26 heavy (non-hydrogen) atoms. The third-order valence-electron chi connectivity index (χ3n) is 9.41. The van der Waals surface area contributed by atoms with E-state index in [9.17, 15) is 4.79 Å². The molecule has 4 aliphatic rings. The highest BCUT2D eigenvalue weighted by Crippen LogP contribution is 2.66. The fraction of sp³-hybridized carbons (Fsp3) is 0.875. The molecule has 0 aromatic rings. The lowest BCUT2D eigenvalue weighted by Crippen LogP contribution is -2.61. The summed E-state index contributed by atoms with van der Waals surface area (Å²) in [5, 5.41) is 3.31. The molecule has 2 heteroatoms. The van der Waals surface area contributed by atoms with Gasteiger partial charge in [0.25, 0.3) is 0 Å². The summed E-state index contributed by atoms with van der Waals surface area (Å²) in [5.41, 5.74) is 0.751. The molecule has 1 aliphatic heterocycles. The van der Waals surface area contributed by atoms with Gasteiger partial charge in [-0.2, -0.15) is 0 Å². The number of nitrogens with one attached hydrogen (secondary N) is 1. The number of fused-ring (bicyclic) bond motifs is 5. The molecule has 3 aliphatic carbocycles. The van der Waals surface area contributed by atoms with Crippen molar-refractivity contribution >= 4 is 5.91 Å². The Balaban J connectivity index is 1.58. The third kappa shape index (κ3) is 2.69. The van der Waals surface area contributed by atoms with Gasteiger partial charge in [0.05, 0.1) is 0 Å². The highest BCUT2D eigenvalue weighted by molar-refractivity contribution is 5.89. The van der Waals surface area contributed by atoms with Crippen molar-refractivity contribution in [1.82, 2.24) is 5.32 Å². The van der Waals surface area contributed by atoms with Crippen molar-refractivity contribution < 1.29 is 4.79 Å². The first-order valence-electron chi connectivity index (χ1n) is 11.4. The van der Waals surface area contributed by atoms with Crippen molar-refractivity contribution in [3.8, 4) is 0 Å². The summed E-state index contributed by atoms with van der Waals surface area (Å²) in [6.07, 6.45) is 16.6. The molecule has 2 nitrogen and oxygen atoms in total. The minimum absolute atomic E-state index is 0.121. The minimum atomic E-state index is 0.121. The largest absolute Gasteiger partial charge is 0.349 e. The van der Waals surface area contributed by atoms with Gasteiger partial charge >= 0.3 is 0 Å². The van der Waals surface area contributed by atoms with Gasteiger partial charge in [0, 0.05) is 11.5 Å². The van der Waals surface area contributed by atoms with E-state index in [1.807, 2.05) is 6.08 Å². The van der Waals surface area contributed by atoms with E-state index >= 15 is 0 Å². The third-order valence-corrected chi connectivity index (χ3v) is 9.41. The first-order valence-corrected chi connectivity index (χ1v) is 11.4. The lowest BCUT2D eigenvalue weighted by molar-refractivity contribution is -0.125. The molecule has 0 aromatic carbocycles. The van der Waals surface area contributed by atoms with E-state index in [1.54, 1.807) is 0 Å².